The van der Waals surface area contributed by atoms with E-state index in [0.29, 0.717) is 30.2 Å². The molecular formula is C15H22N2O5S. The van der Waals surface area contributed by atoms with Gasteiger partial charge < -0.3 is 14.4 Å². The zero-order chi connectivity index (χ0) is 17.2. The number of nitrogens with zero attached hydrogens (tertiary/aromatic N) is 2. The number of benzene rings is 1. The lowest BCUT2D eigenvalue weighted by Gasteiger charge is -2.33. The van der Waals surface area contributed by atoms with Crippen molar-refractivity contribution in [1.29, 1.82) is 0 Å². The summed E-state index contributed by atoms with van der Waals surface area (Å²) in [7, 11) is -0.666. The van der Waals surface area contributed by atoms with Gasteiger partial charge in [-0.1, -0.05) is 0 Å². The van der Waals surface area contributed by atoms with Crippen LogP contribution in [0, 0.1) is 6.92 Å². The van der Waals surface area contributed by atoms with Crippen molar-refractivity contribution >= 4 is 15.9 Å². The molecule has 1 saturated heterocycles. The number of methoxy groups -OCH3 is 2. The number of hydrogen-bond acceptors (Lipinski definition) is 5. The summed E-state index contributed by atoms with van der Waals surface area (Å²) in [4.78, 5) is 13.2. The third-order valence-electron chi connectivity index (χ3n) is 3.98. The van der Waals surface area contributed by atoms with Crippen molar-refractivity contribution in [1.82, 2.24) is 9.21 Å². The lowest BCUT2D eigenvalue weighted by molar-refractivity contribution is -0.129. The van der Waals surface area contributed by atoms with Crippen LogP contribution in [0.25, 0.3) is 0 Å². The lowest BCUT2D eigenvalue weighted by atomic mass is 10.2. The quantitative estimate of drug-likeness (QED) is 0.811. The molecule has 8 heteroatoms. The van der Waals surface area contributed by atoms with E-state index in [0.717, 1.165) is 0 Å². The summed E-state index contributed by atoms with van der Waals surface area (Å²) in [5.41, 5.74) is 0.594. The van der Waals surface area contributed by atoms with E-state index < -0.39 is 10.0 Å². The molecule has 2 rings (SSSR count). The van der Waals surface area contributed by atoms with Crippen LogP contribution in [0.3, 0.4) is 0 Å². The van der Waals surface area contributed by atoms with Crippen molar-refractivity contribution in [3.05, 3.63) is 17.7 Å². The predicted molar refractivity (Wildman–Crippen MR) is 85.3 cm³/mol. The number of carbonyl (C=O) groups excluding carboxylic acids is 1. The summed E-state index contributed by atoms with van der Waals surface area (Å²) in [6.07, 6.45) is 0. The molecule has 1 aromatic carbocycles. The summed E-state index contributed by atoms with van der Waals surface area (Å²) in [5, 5.41) is 0. The number of rotatable bonds is 4. The summed E-state index contributed by atoms with van der Waals surface area (Å²) < 4.78 is 37.6. The van der Waals surface area contributed by atoms with Crippen LogP contribution in [0.5, 0.6) is 11.5 Å². The maximum Gasteiger partial charge on any atom is 0.243 e. The largest absolute Gasteiger partial charge is 0.493 e. The van der Waals surface area contributed by atoms with E-state index in [1.54, 1.807) is 17.9 Å². The fourth-order valence-electron chi connectivity index (χ4n) is 2.62. The minimum Gasteiger partial charge on any atom is -0.493 e. The highest BCUT2D eigenvalue weighted by Gasteiger charge is 2.31. The average molecular weight is 342 g/mol. The Balaban J connectivity index is 2.32. The fraction of sp³-hybridized carbons (Fsp3) is 0.533. The van der Waals surface area contributed by atoms with Crippen LogP contribution in [0.15, 0.2) is 17.0 Å². The van der Waals surface area contributed by atoms with Crippen LogP contribution in [-0.4, -0.2) is 63.9 Å². The predicted octanol–water partition coefficient (Wildman–Crippen LogP) is 0.865. The smallest absolute Gasteiger partial charge is 0.243 e. The van der Waals surface area contributed by atoms with E-state index in [1.807, 2.05) is 0 Å². The van der Waals surface area contributed by atoms with Crippen LogP contribution in [-0.2, 0) is 14.8 Å². The molecule has 0 spiro atoms. The molecule has 0 atom stereocenters. The minimum atomic E-state index is -3.64. The van der Waals surface area contributed by atoms with Crippen LogP contribution in [0.2, 0.25) is 0 Å². The van der Waals surface area contributed by atoms with Crippen molar-refractivity contribution in [2.45, 2.75) is 18.7 Å². The number of carbonyl (C=O) groups is 1. The first-order valence-corrected chi connectivity index (χ1v) is 8.73. The highest BCUT2D eigenvalue weighted by atomic mass is 32.2. The van der Waals surface area contributed by atoms with E-state index in [1.165, 1.54) is 31.5 Å². The molecule has 1 fully saturated rings. The fourth-order valence-corrected chi connectivity index (χ4v) is 4.27. The van der Waals surface area contributed by atoms with Gasteiger partial charge in [-0.25, -0.2) is 8.42 Å². The van der Waals surface area contributed by atoms with E-state index in [4.69, 9.17) is 9.47 Å². The molecule has 23 heavy (non-hydrogen) atoms. The number of ether oxygens (including phenoxy) is 2. The van der Waals surface area contributed by atoms with Gasteiger partial charge in [0.2, 0.25) is 15.9 Å². The first-order chi connectivity index (χ1) is 10.8. The van der Waals surface area contributed by atoms with Gasteiger partial charge in [0.1, 0.15) is 0 Å². The molecule has 0 radical (unpaired) electrons. The third-order valence-corrected chi connectivity index (χ3v) is 6.02. The van der Waals surface area contributed by atoms with Crippen molar-refractivity contribution in [2.75, 3.05) is 40.4 Å². The Morgan fingerprint density at radius 1 is 1.04 bits per heavy atom. The summed E-state index contributed by atoms with van der Waals surface area (Å²) in [6, 6.07) is 3.14. The number of piperazine rings is 1. The molecule has 0 N–H and O–H groups in total. The second kappa shape index (κ2) is 6.76. The zero-order valence-corrected chi connectivity index (χ0v) is 14.6. The second-order valence-electron chi connectivity index (χ2n) is 5.38. The first-order valence-electron chi connectivity index (χ1n) is 7.29. The Morgan fingerprint density at radius 2 is 1.57 bits per heavy atom. The van der Waals surface area contributed by atoms with Gasteiger partial charge in [0, 0.05) is 39.2 Å². The Bertz CT molecular complexity index is 694. The molecule has 0 bridgehead atoms. The highest BCUT2D eigenvalue weighted by molar-refractivity contribution is 7.89. The van der Waals surface area contributed by atoms with Crippen LogP contribution in [0.1, 0.15) is 12.5 Å². The molecule has 1 aromatic rings. The Kier molecular flexibility index (Phi) is 5.16. The Hall–Kier alpha value is -1.80. The molecular weight excluding hydrogens is 320 g/mol. The van der Waals surface area contributed by atoms with Gasteiger partial charge in [0.25, 0.3) is 0 Å². The van der Waals surface area contributed by atoms with Gasteiger partial charge in [-0.2, -0.15) is 4.31 Å². The maximum absolute atomic E-state index is 12.9. The molecule has 1 amide bonds. The first kappa shape index (κ1) is 17.6. The number of aryl methyl sites for hydroxylation is 1. The molecule has 0 aliphatic carbocycles. The summed E-state index contributed by atoms with van der Waals surface area (Å²) in [5.74, 6) is 0.828. The Labute approximate surface area is 136 Å². The van der Waals surface area contributed by atoms with Gasteiger partial charge in [-0.05, 0) is 18.6 Å². The standard InChI is InChI=1S/C15H22N2O5S/c1-11-9-13(21-3)14(22-4)10-15(11)23(19,20)17-7-5-16(6-8-17)12(2)18/h9-10H,5-8H2,1-4H3. The molecule has 7 nitrogen and oxygen atoms in total. The molecule has 1 aliphatic rings. The highest BCUT2D eigenvalue weighted by Crippen LogP contribution is 2.33. The molecule has 1 aliphatic heterocycles. The lowest BCUT2D eigenvalue weighted by Crippen LogP contribution is -2.50. The van der Waals surface area contributed by atoms with E-state index in [9.17, 15) is 13.2 Å². The molecule has 0 aromatic heterocycles. The maximum atomic E-state index is 12.9. The van der Waals surface area contributed by atoms with Gasteiger partial charge >= 0.3 is 0 Å². The van der Waals surface area contributed by atoms with Crippen LogP contribution in [0.4, 0.5) is 0 Å². The zero-order valence-electron chi connectivity index (χ0n) is 13.8. The SMILES string of the molecule is COc1cc(C)c(S(=O)(=O)N2CCN(C(C)=O)CC2)cc1OC. The molecule has 128 valence electrons. The monoisotopic (exact) mass is 342 g/mol. The summed E-state index contributed by atoms with van der Waals surface area (Å²) in [6.45, 7) is 4.59. The number of hydrogen-bond donors (Lipinski definition) is 0. The van der Waals surface area contributed by atoms with Gasteiger partial charge in [-0.15, -0.1) is 0 Å². The topological polar surface area (TPSA) is 76.2 Å². The number of sulfonamides is 1. The Morgan fingerprint density at radius 3 is 2.04 bits per heavy atom. The van der Waals surface area contributed by atoms with Crippen molar-refractivity contribution in [2.24, 2.45) is 0 Å². The van der Waals surface area contributed by atoms with Gasteiger partial charge in [-0.3, -0.25) is 4.79 Å². The van der Waals surface area contributed by atoms with Gasteiger partial charge in [0.15, 0.2) is 11.5 Å². The normalized spacial score (nSPS) is 16.3. The average Bonchev–Trinajstić information content (AvgIpc) is 2.54. The molecule has 0 saturated carbocycles. The third kappa shape index (κ3) is 3.42. The van der Waals surface area contributed by atoms with Gasteiger partial charge in [0.05, 0.1) is 19.1 Å². The van der Waals surface area contributed by atoms with Crippen LogP contribution >= 0.6 is 0 Å². The van der Waals surface area contributed by atoms with Crippen molar-refractivity contribution in [3.8, 4) is 11.5 Å². The van der Waals surface area contributed by atoms with Crippen molar-refractivity contribution < 1.29 is 22.7 Å². The minimum absolute atomic E-state index is 0.0376. The van der Waals surface area contributed by atoms with Crippen LogP contribution < -0.4 is 9.47 Å². The molecule has 1 heterocycles. The van der Waals surface area contributed by atoms with Crippen molar-refractivity contribution in [3.63, 3.8) is 0 Å². The molecule has 0 unspecified atom stereocenters. The summed E-state index contributed by atoms with van der Waals surface area (Å²) >= 11 is 0. The van der Waals surface area contributed by atoms with E-state index in [2.05, 4.69) is 0 Å². The number of amides is 1. The second-order valence-corrected chi connectivity index (χ2v) is 7.29. The van der Waals surface area contributed by atoms with E-state index >= 15 is 0 Å². The van der Waals surface area contributed by atoms with E-state index in [-0.39, 0.29) is 23.9 Å².